The Kier molecular flexibility index (Phi) is 4.10. The van der Waals surface area contributed by atoms with Crippen molar-refractivity contribution in [1.29, 1.82) is 0 Å². The van der Waals surface area contributed by atoms with Crippen LogP contribution in [0.5, 0.6) is 0 Å². The van der Waals surface area contributed by atoms with Gasteiger partial charge in [0.2, 0.25) is 0 Å². The van der Waals surface area contributed by atoms with Crippen LogP contribution in [0.4, 0.5) is 0 Å². The number of thiophene rings is 1. The maximum absolute atomic E-state index is 12.9. The van der Waals surface area contributed by atoms with E-state index in [9.17, 15) is 18.3 Å². The summed E-state index contributed by atoms with van der Waals surface area (Å²) < 4.78 is 31.4. The van der Waals surface area contributed by atoms with Crippen molar-refractivity contribution in [3.63, 3.8) is 0 Å². The molecule has 3 rings (SSSR count). The van der Waals surface area contributed by atoms with Gasteiger partial charge in [-0.15, -0.1) is 11.3 Å². The van der Waals surface area contributed by atoms with Gasteiger partial charge >= 0.3 is 5.97 Å². The molecule has 1 aromatic carbocycles. The average molecular weight is 365 g/mol. The van der Waals surface area contributed by atoms with Gasteiger partial charge in [-0.25, -0.2) is 13.2 Å². The van der Waals surface area contributed by atoms with Crippen LogP contribution in [-0.4, -0.2) is 30.9 Å². The van der Waals surface area contributed by atoms with E-state index in [4.69, 9.17) is 0 Å². The maximum atomic E-state index is 12.9. The second-order valence-corrected chi connectivity index (χ2v) is 8.05. The number of fused-ring (bicyclic) bond motifs is 1. The highest BCUT2D eigenvalue weighted by molar-refractivity contribution is 7.89. The molecule has 0 saturated carbocycles. The van der Waals surface area contributed by atoms with E-state index >= 15 is 0 Å². The monoisotopic (exact) mass is 365 g/mol. The van der Waals surface area contributed by atoms with Crippen molar-refractivity contribution in [2.24, 2.45) is 0 Å². The molecule has 0 unspecified atom stereocenters. The molecular weight excluding hydrogens is 350 g/mol. The van der Waals surface area contributed by atoms with E-state index in [-0.39, 0.29) is 27.8 Å². The smallest absolute Gasteiger partial charge is 0.359 e. The number of carbonyl (C=O) groups excluding carboxylic acids is 1. The number of hydrogen-bond donors (Lipinski definition) is 1. The highest BCUT2D eigenvalue weighted by Crippen LogP contribution is 2.39. The van der Waals surface area contributed by atoms with Gasteiger partial charge in [0.25, 0.3) is 10.0 Å². The molecule has 0 fully saturated rings. The van der Waals surface area contributed by atoms with Gasteiger partial charge in [0.15, 0.2) is 11.5 Å². The fourth-order valence-electron chi connectivity index (χ4n) is 2.46. The highest BCUT2D eigenvalue weighted by atomic mass is 32.2. The molecular formula is C16H15NO5S2. The van der Waals surface area contributed by atoms with E-state index in [1.54, 1.807) is 17.5 Å². The summed E-state index contributed by atoms with van der Waals surface area (Å²) in [6.07, 6.45) is 0. The van der Waals surface area contributed by atoms with Gasteiger partial charge in [0.1, 0.15) is 4.90 Å². The molecule has 0 bridgehead atoms. The summed E-state index contributed by atoms with van der Waals surface area (Å²) >= 11 is 1.06. The van der Waals surface area contributed by atoms with Crippen LogP contribution in [0.15, 0.2) is 46.3 Å². The fraction of sp³-hybridized carbons (Fsp3) is 0.188. The molecule has 8 heteroatoms. The van der Waals surface area contributed by atoms with E-state index in [0.29, 0.717) is 5.56 Å². The van der Waals surface area contributed by atoms with Crippen LogP contribution in [0.2, 0.25) is 0 Å². The van der Waals surface area contributed by atoms with Gasteiger partial charge in [0.05, 0.1) is 18.5 Å². The predicted molar refractivity (Wildman–Crippen MR) is 89.8 cm³/mol. The molecule has 1 N–H and O–H groups in total. The number of methoxy groups -OCH3 is 1. The molecule has 2 heterocycles. The lowest BCUT2D eigenvalue weighted by Crippen LogP contribution is -2.37. The van der Waals surface area contributed by atoms with Crippen LogP contribution in [0.3, 0.4) is 0 Å². The Labute approximate surface area is 143 Å². The van der Waals surface area contributed by atoms with Crippen LogP contribution in [0.1, 0.15) is 16.0 Å². The normalized spacial score (nSPS) is 16.0. The standard InChI is InChI=1S/C16H15NO5S2/c1-10-3-5-11(6-4-10)9-17-13(16(19)22-2)14(18)15-12(7-8-23-15)24(17,20)21/h3-8,18H,9H2,1-2H3. The number of esters is 1. The van der Waals surface area contributed by atoms with Gasteiger partial charge in [-0.1, -0.05) is 29.8 Å². The number of benzene rings is 1. The Balaban J connectivity index is 2.15. The molecule has 0 saturated heterocycles. The van der Waals surface area contributed by atoms with Crippen molar-refractivity contribution in [2.75, 3.05) is 7.11 Å². The fourth-order valence-corrected chi connectivity index (χ4v) is 5.26. The first kappa shape index (κ1) is 16.5. The molecule has 1 aliphatic heterocycles. The van der Waals surface area contributed by atoms with Gasteiger partial charge in [-0.3, -0.25) is 4.31 Å². The molecule has 0 spiro atoms. The lowest BCUT2D eigenvalue weighted by molar-refractivity contribution is -0.137. The number of rotatable bonds is 3. The topological polar surface area (TPSA) is 83.9 Å². The number of aliphatic hydroxyl groups excluding tert-OH is 1. The summed E-state index contributed by atoms with van der Waals surface area (Å²) in [6, 6.07) is 8.67. The number of sulfonamides is 1. The quantitative estimate of drug-likeness (QED) is 0.846. The average Bonchev–Trinajstić information content (AvgIpc) is 3.05. The molecule has 0 atom stereocenters. The zero-order valence-corrected chi connectivity index (χ0v) is 14.6. The molecule has 2 aromatic rings. The van der Waals surface area contributed by atoms with Crippen LogP contribution < -0.4 is 0 Å². The molecule has 126 valence electrons. The first-order valence-corrected chi connectivity index (χ1v) is 9.36. The van der Waals surface area contributed by atoms with E-state index in [0.717, 1.165) is 28.3 Å². The third kappa shape index (κ3) is 2.57. The summed E-state index contributed by atoms with van der Waals surface area (Å²) in [5, 5.41) is 12.0. The Morgan fingerprint density at radius 3 is 2.54 bits per heavy atom. The number of carbonyl (C=O) groups is 1. The minimum Gasteiger partial charge on any atom is -0.504 e. The van der Waals surface area contributed by atoms with Crippen molar-refractivity contribution < 1.29 is 23.1 Å². The maximum Gasteiger partial charge on any atom is 0.359 e. The first-order chi connectivity index (χ1) is 11.4. The first-order valence-electron chi connectivity index (χ1n) is 7.04. The second kappa shape index (κ2) is 5.95. The number of aliphatic hydroxyl groups is 1. The van der Waals surface area contributed by atoms with Gasteiger partial charge in [-0.2, -0.15) is 0 Å². The zero-order chi connectivity index (χ0) is 17.5. The summed E-state index contributed by atoms with van der Waals surface area (Å²) in [7, 11) is -2.82. The molecule has 1 aliphatic rings. The van der Waals surface area contributed by atoms with Crippen LogP contribution >= 0.6 is 11.3 Å². The summed E-state index contributed by atoms with van der Waals surface area (Å²) in [5.41, 5.74) is 1.36. The van der Waals surface area contributed by atoms with Crippen molar-refractivity contribution in [3.05, 3.63) is 57.4 Å². The number of hydrogen-bond acceptors (Lipinski definition) is 6. The van der Waals surface area contributed by atoms with E-state index in [2.05, 4.69) is 4.74 Å². The predicted octanol–water partition coefficient (Wildman–Crippen LogP) is 2.66. The number of nitrogens with zero attached hydrogens (tertiary/aromatic N) is 1. The van der Waals surface area contributed by atoms with Crippen molar-refractivity contribution in [3.8, 4) is 0 Å². The minimum absolute atomic E-state index is 0.00948. The van der Waals surface area contributed by atoms with Gasteiger partial charge in [0, 0.05) is 0 Å². The largest absolute Gasteiger partial charge is 0.504 e. The van der Waals surface area contributed by atoms with Crippen molar-refractivity contribution in [2.45, 2.75) is 18.4 Å². The number of aryl methyl sites for hydroxylation is 1. The van der Waals surface area contributed by atoms with Crippen molar-refractivity contribution in [1.82, 2.24) is 4.31 Å². The molecule has 0 aliphatic carbocycles. The van der Waals surface area contributed by atoms with Crippen LogP contribution in [-0.2, 0) is 26.1 Å². The summed E-state index contributed by atoms with van der Waals surface area (Å²) in [6.45, 7) is 1.84. The third-order valence-corrected chi connectivity index (χ3v) is 6.55. The Bertz CT molecular complexity index is 926. The molecule has 24 heavy (non-hydrogen) atoms. The Morgan fingerprint density at radius 1 is 1.25 bits per heavy atom. The second-order valence-electron chi connectivity index (χ2n) is 5.30. The molecule has 1 aromatic heterocycles. The summed E-state index contributed by atoms with van der Waals surface area (Å²) in [5.74, 6) is -1.28. The summed E-state index contributed by atoms with van der Waals surface area (Å²) in [4.78, 5) is 12.2. The van der Waals surface area contributed by atoms with E-state index in [1.165, 1.54) is 6.07 Å². The SMILES string of the molecule is COC(=O)C1=C(O)c2sccc2S(=O)(=O)N1Cc1ccc(C)cc1. The van der Waals surface area contributed by atoms with Crippen molar-refractivity contribution >= 4 is 33.1 Å². The van der Waals surface area contributed by atoms with Gasteiger partial charge in [-0.05, 0) is 23.9 Å². The molecule has 6 nitrogen and oxygen atoms in total. The van der Waals surface area contributed by atoms with Crippen LogP contribution in [0.25, 0.3) is 5.76 Å². The zero-order valence-electron chi connectivity index (χ0n) is 13.0. The third-order valence-electron chi connectivity index (χ3n) is 3.71. The lowest BCUT2D eigenvalue weighted by atomic mass is 10.1. The van der Waals surface area contributed by atoms with Gasteiger partial charge < -0.3 is 9.84 Å². The van der Waals surface area contributed by atoms with E-state index in [1.807, 2.05) is 19.1 Å². The highest BCUT2D eigenvalue weighted by Gasteiger charge is 2.41. The minimum atomic E-state index is -3.96. The van der Waals surface area contributed by atoms with E-state index < -0.39 is 16.0 Å². The lowest BCUT2D eigenvalue weighted by Gasteiger charge is -2.29. The molecule has 0 radical (unpaired) electrons. The number of ether oxygens (including phenoxy) is 1. The Hall–Kier alpha value is -2.32. The van der Waals surface area contributed by atoms with Crippen LogP contribution in [0, 0.1) is 6.92 Å². The molecule has 0 amide bonds. The Morgan fingerprint density at radius 2 is 1.92 bits per heavy atom.